The quantitative estimate of drug-likeness (QED) is 0.138. The van der Waals surface area contributed by atoms with Crippen LogP contribution in [0.15, 0.2) is 188 Å². The zero-order valence-corrected chi connectivity index (χ0v) is 61.3. The van der Waals surface area contributed by atoms with Crippen molar-refractivity contribution in [1.82, 2.24) is 19.9 Å². The normalized spacial score (nSPS) is 16.8. The van der Waals surface area contributed by atoms with Crippen LogP contribution in [0.25, 0.3) is 133 Å². The minimum Gasteiger partial charge on any atom is -0.437 e. The van der Waals surface area contributed by atoms with Crippen molar-refractivity contribution in [2.24, 2.45) is 39.5 Å². The fourth-order valence-corrected chi connectivity index (χ4v) is 13.6. The van der Waals surface area contributed by atoms with Gasteiger partial charge in [-0.25, -0.2) is 38.2 Å². The highest BCUT2D eigenvalue weighted by molar-refractivity contribution is 6.12. The van der Waals surface area contributed by atoms with Crippen molar-refractivity contribution in [2.45, 2.75) is 148 Å². The predicted octanol–water partition coefficient (Wildman–Crippen LogP) is 21.6. The number of fused-ring (bicyclic) bond motifs is 12. The van der Waals surface area contributed by atoms with Crippen LogP contribution >= 0.6 is 0 Å². The van der Waals surface area contributed by atoms with Gasteiger partial charge in [0.25, 0.3) is 0 Å². The van der Waals surface area contributed by atoms with Crippen molar-refractivity contribution in [2.75, 3.05) is 0 Å². The molecule has 0 radical (unpaired) electrons. The van der Waals surface area contributed by atoms with Gasteiger partial charge in [-0.1, -0.05) is 118 Å². The van der Waals surface area contributed by atoms with Gasteiger partial charge in [0.1, 0.15) is 28.2 Å². The average Bonchev–Trinajstić information content (AvgIpc) is 1.62. The van der Waals surface area contributed by atoms with Crippen LogP contribution in [0.2, 0.25) is 0 Å². The van der Waals surface area contributed by atoms with Crippen LogP contribution in [0.3, 0.4) is 0 Å². The molecule has 0 saturated heterocycles. The van der Waals surface area contributed by atoms with Crippen molar-refractivity contribution < 1.29 is 67.5 Å². The van der Waals surface area contributed by atoms with Gasteiger partial charge in [-0.05, 0) is 180 Å². The molecule has 16 rings (SSSR count). The van der Waals surface area contributed by atoms with E-state index in [1.807, 2.05) is 118 Å². The Labute approximate surface area is 644 Å². The van der Waals surface area contributed by atoms with Gasteiger partial charge in [0.2, 0.25) is 45.6 Å². The Morgan fingerprint density at radius 3 is 1.05 bits per heavy atom. The fraction of sp³-hybridized carbons (Fsp3) is 0.304. The predicted molar refractivity (Wildman–Crippen MR) is 425 cm³/mol. The number of hydrogen-bond donors (Lipinski definition) is 0. The maximum atomic E-state index is 8.24. The molecule has 0 saturated carbocycles. The molecule has 0 aliphatic heterocycles. The summed E-state index contributed by atoms with van der Waals surface area (Å²) >= 11 is 0. The van der Waals surface area contributed by atoms with Gasteiger partial charge in [-0.2, -0.15) is 0 Å². The van der Waals surface area contributed by atoms with E-state index < -0.39 is 65.2 Å². The first-order valence-electron chi connectivity index (χ1n) is 45.9. The van der Waals surface area contributed by atoms with E-state index in [2.05, 4.69) is 60.0 Å². The smallest absolute Gasteiger partial charge is 0.227 e. The van der Waals surface area contributed by atoms with Crippen molar-refractivity contribution in [1.29, 1.82) is 0 Å². The second kappa shape index (κ2) is 28.1. The third-order valence-corrected chi connectivity index (χ3v) is 18.8. The van der Waals surface area contributed by atoms with Gasteiger partial charge in [0.05, 0.1) is 22.3 Å². The van der Waals surface area contributed by atoms with E-state index in [1.165, 1.54) is 13.8 Å². The first-order chi connectivity index (χ1) is 58.6. The number of pyridine rings is 8. The number of aryl methyl sites for hydroxylation is 12. The Kier molecular flexibility index (Phi) is 13.1. The summed E-state index contributed by atoms with van der Waals surface area (Å²) in [5, 5.41) is 6.98. The molecule has 16 aromatic rings. The number of benzene rings is 4. The summed E-state index contributed by atoms with van der Waals surface area (Å²) < 4.78 is 210. The second-order valence-electron chi connectivity index (χ2n) is 28.7. The lowest BCUT2D eigenvalue weighted by molar-refractivity contribution is -0.660. The van der Waals surface area contributed by atoms with Crippen LogP contribution in [0.4, 0.5) is 0 Å². The molecule has 12 nitrogen and oxygen atoms in total. The highest BCUT2D eigenvalue weighted by Crippen LogP contribution is 2.42. The maximum Gasteiger partial charge on any atom is 0.227 e. The van der Waals surface area contributed by atoms with E-state index in [9.17, 15) is 0 Å². The van der Waals surface area contributed by atoms with Crippen molar-refractivity contribution in [3.05, 3.63) is 238 Å². The van der Waals surface area contributed by atoms with E-state index in [1.54, 1.807) is 116 Å². The number of furan rings is 4. The Morgan fingerprint density at radius 2 is 0.712 bits per heavy atom. The monoisotopic (exact) mass is 1400 g/mol. The van der Waals surface area contributed by atoms with Crippen LogP contribution in [0, 0.1) is 66.4 Å². The van der Waals surface area contributed by atoms with Crippen molar-refractivity contribution in [3.8, 4) is 45.0 Å². The highest BCUT2D eigenvalue weighted by atomic mass is 16.4. The van der Waals surface area contributed by atoms with Gasteiger partial charge < -0.3 is 17.7 Å². The van der Waals surface area contributed by atoms with Crippen LogP contribution in [0.1, 0.15) is 174 Å². The zero-order chi connectivity index (χ0) is 93.5. The molecule has 0 spiro atoms. The summed E-state index contributed by atoms with van der Waals surface area (Å²) in [7, 11) is 7.27. The first kappa shape index (κ1) is 48.3. The molecule has 1 unspecified atom stereocenters. The molecule has 0 N–H and O–H groups in total. The third kappa shape index (κ3) is 14.3. The van der Waals surface area contributed by atoms with Gasteiger partial charge in [-0.15, -0.1) is 0 Å². The van der Waals surface area contributed by atoms with Gasteiger partial charge in [-0.3, -0.25) is 0 Å². The summed E-state index contributed by atoms with van der Waals surface area (Å²) in [6.45, 7) is 3.95. The fourth-order valence-electron chi connectivity index (χ4n) is 13.6. The zero-order valence-electron chi connectivity index (χ0n) is 84.3. The molecular weight excluding hydrogens is 1280 g/mol. The summed E-state index contributed by atoms with van der Waals surface area (Å²) in [5.41, 5.74) is 16.6. The number of rotatable bonds is 8. The lowest BCUT2D eigenvalue weighted by atomic mass is 9.90. The highest BCUT2D eigenvalue weighted by Gasteiger charge is 2.28. The SMILES string of the molecule is [2H]C([2H])([2H])c1ccc(-c2c(C)ccc3c2oc2nc(C(C)(C)C)ccc23)[n+](C)c1.[2H]C([2H])([2H])c1ccc(-c2c(C)ccc3c2oc2nc(C([2H])(C)C)ccc23)[n+](C)c1.[2H]C([2H])([2H])c1ccc(-c2c(C)ccc3c2oc2nc(CC(C)(C([2H])([2H])[2H])C([2H])([2H])[2H])ccc23)[n+](C)c1.[2H]C([2H])([2H])c1ccc(-c2c(C)ccc3c2oc2nc(CC([2H])(C)C([2H])([2H])[2H])ccc23)[n+](C)c1. The Bertz CT molecular complexity index is 6780. The summed E-state index contributed by atoms with van der Waals surface area (Å²) in [5.74, 6) is -2.48. The first-order valence-corrected chi connectivity index (χ1v) is 34.4. The number of hydrogen-bond acceptors (Lipinski definition) is 8. The molecule has 12 heteroatoms. The van der Waals surface area contributed by atoms with Crippen molar-refractivity contribution in [3.63, 3.8) is 0 Å². The van der Waals surface area contributed by atoms with Gasteiger partial charge in [0, 0.05) is 149 Å². The molecule has 4 aromatic carbocycles. The van der Waals surface area contributed by atoms with E-state index in [-0.39, 0.29) is 35.1 Å². The topological polar surface area (TPSA) is 120 Å². The van der Waals surface area contributed by atoms with E-state index in [0.29, 0.717) is 67.5 Å². The Hall–Kier alpha value is -10.7. The molecule has 0 amide bonds. The lowest BCUT2D eigenvalue weighted by Crippen LogP contribution is -2.31. The summed E-state index contributed by atoms with van der Waals surface area (Å²) in [4.78, 5) is 18.4. The van der Waals surface area contributed by atoms with E-state index in [0.717, 1.165) is 116 Å². The molecule has 0 bridgehead atoms. The largest absolute Gasteiger partial charge is 0.437 e. The van der Waals surface area contributed by atoms with Gasteiger partial charge in [0.15, 0.2) is 47.1 Å². The standard InChI is InChI=1S/C24H27N2O.2C23H25N2O.C22H23N2O/c1-15-7-12-20(26(6)14-15)21-16(2)8-10-18-19-11-9-17(13-24(3,4)5)25-23(19)27-22(18)21;1-14-7-11-18(25(6)13-14)20-15(2)8-9-16-17-10-12-19(23(3,4)5)24-22(17)26-21(16)20;1-14(2)12-17-8-10-19-18-9-7-16(4)21(22(18)26-23(19)24-17)20-11-6-15(3)13-25(20)5;1-13(2)18-10-9-17-16-8-7-15(4)20(21(16)25-22(17)23-18)19-11-6-14(3)12-24(19)5/h7-12,14H,13H2,1-6H3;7-13H,1-6H3;6-11,13-14H,12H2,1-5H3;6-13H,1-5H3/q4*+1/i1D3,3D3,4D3;1D3;1D3,3D3,14D;3D3,13D. The van der Waals surface area contributed by atoms with Crippen molar-refractivity contribution >= 4 is 88.3 Å². The maximum absolute atomic E-state index is 8.24. The molecule has 1 atom stereocenters. The molecule has 528 valence electrons. The second-order valence-corrected chi connectivity index (χ2v) is 28.7. The van der Waals surface area contributed by atoms with E-state index >= 15 is 0 Å². The lowest BCUT2D eigenvalue weighted by Gasteiger charge is -2.16. The molecule has 12 aromatic heterocycles. The van der Waals surface area contributed by atoms with Crippen LogP contribution < -0.4 is 18.3 Å². The molecular formula is C92H100N8O4+4. The van der Waals surface area contributed by atoms with Crippen LogP contribution in [-0.4, -0.2) is 19.9 Å². The molecule has 0 aliphatic carbocycles. The number of aromatic nitrogens is 8. The van der Waals surface area contributed by atoms with E-state index in [4.69, 9.17) is 54.2 Å². The third-order valence-electron chi connectivity index (χ3n) is 18.8. The summed E-state index contributed by atoms with van der Waals surface area (Å²) in [6.07, 6.45) is 6.17. The minimum atomic E-state index is -2.72. The Balaban J connectivity index is 0.000000145. The Morgan fingerprint density at radius 1 is 0.385 bits per heavy atom. The summed E-state index contributed by atoms with van der Waals surface area (Å²) in [6, 6.07) is 44.6. The molecule has 12 heterocycles. The van der Waals surface area contributed by atoms with Gasteiger partial charge >= 0.3 is 0 Å². The molecule has 0 aliphatic rings. The average molecular weight is 1410 g/mol. The van der Waals surface area contributed by atoms with Crippen LogP contribution in [-0.2, 0) is 46.4 Å². The molecule has 104 heavy (non-hydrogen) atoms. The molecule has 0 fully saturated rings. The number of nitrogens with zero attached hydrogens (tertiary/aromatic N) is 8. The van der Waals surface area contributed by atoms with Crippen LogP contribution in [0.5, 0.6) is 0 Å². The minimum absolute atomic E-state index is 0.0338.